The largest absolute Gasteiger partial charge is 0.347 e. The van der Waals surface area contributed by atoms with Gasteiger partial charge in [0.15, 0.2) is 0 Å². The van der Waals surface area contributed by atoms with Crippen LogP contribution in [0, 0.1) is 6.92 Å². The molecule has 1 saturated heterocycles. The van der Waals surface area contributed by atoms with Crippen molar-refractivity contribution in [2.24, 2.45) is 0 Å². The maximum absolute atomic E-state index is 4.46. The van der Waals surface area contributed by atoms with Gasteiger partial charge in [0, 0.05) is 36.9 Å². The highest BCUT2D eigenvalue weighted by molar-refractivity contribution is 5.56. The molecule has 1 atom stereocenters. The summed E-state index contributed by atoms with van der Waals surface area (Å²) in [4.78, 5) is 18.7. The molecular weight excluding hydrogens is 312 g/mol. The predicted octanol–water partition coefficient (Wildman–Crippen LogP) is 3.59. The van der Waals surface area contributed by atoms with Gasteiger partial charge in [-0.2, -0.15) is 0 Å². The summed E-state index contributed by atoms with van der Waals surface area (Å²) in [6.45, 7) is 4.05. The highest BCUT2D eigenvalue weighted by Gasteiger charge is 2.26. The number of H-pyrrole nitrogens is 1. The fourth-order valence-electron chi connectivity index (χ4n) is 3.44. The molecule has 1 aliphatic heterocycles. The molecule has 6 heteroatoms. The molecule has 25 heavy (non-hydrogen) atoms. The molecule has 0 unspecified atom stereocenters. The van der Waals surface area contributed by atoms with Gasteiger partial charge in [-0.1, -0.05) is 6.07 Å². The summed E-state index contributed by atoms with van der Waals surface area (Å²) < 4.78 is 0. The van der Waals surface area contributed by atoms with Gasteiger partial charge >= 0.3 is 0 Å². The van der Waals surface area contributed by atoms with Crippen molar-refractivity contribution in [1.82, 2.24) is 24.8 Å². The zero-order valence-corrected chi connectivity index (χ0v) is 14.3. The molecule has 3 aromatic heterocycles. The van der Waals surface area contributed by atoms with Crippen LogP contribution in [0.5, 0.6) is 0 Å². The first-order valence-electron chi connectivity index (χ1n) is 8.65. The van der Waals surface area contributed by atoms with Crippen LogP contribution in [0.1, 0.15) is 35.7 Å². The third-order valence-electron chi connectivity index (χ3n) is 4.72. The van der Waals surface area contributed by atoms with Crippen molar-refractivity contribution in [3.05, 3.63) is 66.0 Å². The van der Waals surface area contributed by atoms with Gasteiger partial charge in [0.05, 0.1) is 6.33 Å². The number of aromatic amines is 1. The van der Waals surface area contributed by atoms with Crippen LogP contribution in [0.3, 0.4) is 0 Å². The van der Waals surface area contributed by atoms with Gasteiger partial charge in [-0.15, -0.1) is 0 Å². The number of aryl methyl sites for hydroxylation is 1. The van der Waals surface area contributed by atoms with E-state index in [4.69, 9.17) is 0 Å². The molecular formula is C19H22N6. The van der Waals surface area contributed by atoms with Crippen molar-refractivity contribution in [1.29, 1.82) is 0 Å². The van der Waals surface area contributed by atoms with E-state index in [9.17, 15) is 0 Å². The molecule has 4 heterocycles. The number of hydrogen-bond donors (Lipinski definition) is 2. The van der Waals surface area contributed by atoms with E-state index in [1.165, 1.54) is 18.4 Å². The van der Waals surface area contributed by atoms with Crippen LogP contribution in [0.15, 0.2) is 49.2 Å². The molecule has 0 radical (unpaired) electrons. The quantitative estimate of drug-likeness (QED) is 0.746. The Morgan fingerprint density at radius 2 is 2.24 bits per heavy atom. The van der Waals surface area contributed by atoms with E-state index in [0.717, 1.165) is 36.0 Å². The Kier molecular flexibility index (Phi) is 4.43. The van der Waals surface area contributed by atoms with Crippen LogP contribution < -0.4 is 5.32 Å². The topological polar surface area (TPSA) is 69.7 Å². The molecule has 0 spiro atoms. The molecule has 6 nitrogen and oxygen atoms in total. The van der Waals surface area contributed by atoms with Crippen LogP contribution >= 0.6 is 0 Å². The Morgan fingerprint density at radius 3 is 3.08 bits per heavy atom. The smallest absolute Gasteiger partial charge is 0.134 e. The zero-order valence-electron chi connectivity index (χ0n) is 14.3. The van der Waals surface area contributed by atoms with E-state index >= 15 is 0 Å². The molecule has 1 aliphatic rings. The van der Waals surface area contributed by atoms with Gasteiger partial charge in [-0.25, -0.2) is 15.0 Å². The highest BCUT2D eigenvalue weighted by Crippen LogP contribution is 2.33. The SMILES string of the molecule is Cc1cccnc1Nc1cc([C@@H]2CCCN2Cc2cnc[nH]2)ccn1. The Labute approximate surface area is 147 Å². The number of hydrogen-bond acceptors (Lipinski definition) is 5. The van der Waals surface area contributed by atoms with Gasteiger partial charge in [0.2, 0.25) is 0 Å². The molecule has 0 aliphatic carbocycles. The number of anilines is 2. The molecule has 4 rings (SSSR count). The lowest BCUT2D eigenvalue weighted by Crippen LogP contribution is -2.23. The van der Waals surface area contributed by atoms with E-state index < -0.39 is 0 Å². The van der Waals surface area contributed by atoms with Gasteiger partial charge in [-0.3, -0.25) is 4.90 Å². The Balaban J connectivity index is 1.53. The van der Waals surface area contributed by atoms with E-state index in [0.29, 0.717) is 6.04 Å². The number of pyridine rings is 2. The lowest BCUT2D eigenvalue weighted by Gasteiger charge is -2.24. The Morgan fingerprint density at radius 1 is 1.28 bits per heavy atom. The minimum absolute atomic E-state index is 0.414. The second kappa shape index (κ2) is 7.03. The molecule has 2 N–H and O–H groups in total. The number of nitrogens with zero attached hydrogens (tertiary/aromatic N) is 4. The first-order valence-corrected chi connectivity index (χ1v) is 8.65. The molecule has 0 bridgehead atoms. The second-order valence-electron chi connectivity index (χ2n) is 6.47. The van der Waals surface area contributed by atoms with E-state index in [-0.39, 0.29) is 0 Å². The van der Waals surface area contributed by atoms with Crippen molar-refractivity contribution in [3.8, 4) is 0 Å². The average molecular weight is 334 g/mol. The Bertz CT molecular complexity index is 829. The van der Waals surface area contributed by atoms with Crippen LogP contribution in [0.4, 0.5) is 11.6 Å². The van der Waals surface area contributed by atoms with E-state index in [2.05, 4.69) is 42.3 Å². The number of rotatable bonds is 5. The summed E-state index contributed by atoms with van der Waals surface area (Å²) in [5.74, 6) is 1.69. The van der Waals surface area contributed by atoms with Crippen LogP contribution in [0.2, 0.25) is 0 Å². The first-order chi connectivity index (χ1) is 12.3. The van der Waals surface area contributed by atoms with Crippen molar-refractivity contribution in [3.63, 3.8) is 0 Å². The molecule has 1 fully saturated rings. The standard InChI is InChI=1S/C19H22N6/c1-14-4-2-7-22-19(14)24-18-10-15(6-8-21-18)17-5-3-9-25(17)12-16-11-20-13-23-16/h2,4,6-8,10-11,13,17H,3,5,9,12H2,1H3,(H,20,23)(H,21,22,24)/t17-/m0/s1. The molecule has 0 amide bonds. The van der Waals surface area contributed by atoms with Gasteiger partial charge < -0.3 is 10.3 Å². The van der Waals surface area contributed by atoms with Crippen LogP contribution in [0.25, 0.3) is 0 Å². The summed E-state index contributed by atoms with van der Waals surface area (Å²) >= 11 is 0. The predicted molar refractivity (Wildman–Crippen MR) is 97.5 cm³/mol. The zero-order chi connectivity index (χ0) is 17.1. The van der Waals surface area contributed by atoms with Crippen LogP contribution in [-0.4, -0.2) is 31.4 Å². The number of imidazole rings is 1. The summed E-state index contributed by atoms with van der Waals surface area (Å²) in [5, 5.41) is 3.34. The molecule has 3 aromatic rings. The van der Waals surface area contributed by atoms with E-state index in [1.807, 2.05) is 31.5 Å². The number of aromatic nitrogens is 4. The Hall–Kier alpha value is -2.73. The summed E-state index contributed by atoms with van der Waals surface area (Å²) in [6, 6.07) is 8.66. The maximum atomic E-state index is 4.46. The normalized spacial score (nSPS) is 17.7. The number of likely N-dealkylation sites (tertiary alicyclic amines) is 1. The van der Waals surface area contributed by atoms with Gasteiger partial charge in [-0.05, 0) is 55.6 Å². The second-order valence-corrected chi connectivity index (χ2v) is 6.47. The minimum Gasteiger partial charge on any atom is -0.347 e. The van der Waals surface area contributed by atoms with Gasteiger partial charge in [0.1, 0.15) is 11.6 Å². The summed E-state index contributed by atoms with van der Waals surface area (Å²) in [7, 11) is 0. The monoisotopic (exact) mass is 334 g/mol. The molecule has 128 valence electrons. The molecule has 0 aromatic carbocycles. The van der Waals surface area contributed by atoms with Crippen molar-refractivity contribution < 1.29 is 0 Å². The third kappa shape index (κ3) is 3.53. The average Bonchev–Trinajstić information content (AvgIpc) is 3.30. The third-order valence-corrected chi connectivity index (χ3v) is 4.72. The fourth-order valence-corrected chi connectivity index (χ4v) is 3.44. The fraction of sp³-hybridized carbons (Fsp3) is 0.316. The minimum atomic E-state index is 0.414. The van der Waals surface area contributed by atoms with Crippen molar-refractivity contribution in [2.45, 2.75) is 32.4 Å². The lowest BCUT2D eigenvalue weighted by atomic mass is 10.1. The highest BCUT2D eigenvalue weighted by atomic mass is 15.2. The lowest BCUT2D eigenvalue weighted by molar-refractivity contribution is 0.246. The summed E-state index contributed by atoms with van der Waals surface area (Å²) in [6.07, 6.45) is 9.69. The summed E-state index contributed by atoms with van der Waals surface area (Å²) in [5.41, 5.74) is 3.56. The van der Waals surface area contributed by atoms with E-state index in [1.54, 1.807) is 12.5 Å². The van der Waals surface area contributed by atoms with Crippen LogP contribution in [-0.2, 0) is 6.54 Å². The molecule has 0 saturated carbocycles. The number of nitrogens with one attached hydrogen (secondary N) is 2. The maximum Gasteiger partial charge on any atom is 0.134 e. The van der Waals surface area contributed by atoms with Crippen molar-refractivity contribution >= 4 is 11.6 Å². The first kappa shape index (κ1) is 15.8. The van der Waals surface area contributed by atoms with Crippen molar-refractivity contribution in [2.75, 3.05) is 11.9 Å². The van der Waals surface area contributed by atoms with Gasteiger partial charge in [0.25, 0.3) is 0 Å².